The molecule has 3 rings (SSSR count). The van der Waals surface area contributed by atoms with Gasteiger partial charge in [-0.05, 0) is 42.7 Å². The Balaban J connectivity index is 1.88. The Labute approximate surface area is 130 Å². The Morgan fingerprint density at radius 3 is 2.64 bits per heavy atom. The molecule has 2 N–H and O–H groups in total. The lowest BCUT2D eigenvalue weighted by molar-refractivity contribution is -0.125. The molecule has 0 saturated heterocycles. The highest BCUT2D eigenvalue weighted by Crippen LogP contribution is 2.35. The molecule has 4 nitrogen and oxygen atoms in total. The minimum absolute atomic E-state index is 0.0319. The van der Waals surface area contributed by atoms with Crippen LogP contribution in [0.2, 0.25) is 0 Å². The van der Waals surface area contributed by atoms with E-state index in [1.54, 1.807) is 24.1 Å². The van der Waals surface area contributed by atoms with Gasteiger partial charge >= 0.3 is 0 Å². The van der Waals surface area contributed by atoms with Crippen LogP contribution < -0.4 is 15.4 Å². The van der Waals surface area contributed by atoms with Gasteiger partial charge in [0.15, 0.2) is 6.10 Å². The Hall–Kier alpha value is -2.49. The summed E-state index contributed by atoms with van der Waals surface area (Å²) >= 11 is 0. The van der Waals surface area contributed by atoms with Gasteiger partial charge in [-0.15, -0.1) is 0 Å². The van der Waals surface area contributed by atoms with Crippen molar-refractivity contribution in [2.45, 2.75) is 26.4 Å². The molecule has 0 bridgehead atoms. The van der Waals surface area contributed by atoms with E-state index in [4.69, 9.17) is 10.5 Å². The zero-order valence-electron chi connectivity index (χ0n) is 13.1. The van der Waals surface area contributed by atoms with Gasteiger partial charge in [0.1, 0.15) is 5.75 Å². The second-order valence-corrected chi connectivity index (χ2v) is 5.85. The van der Waals surface area contributed by atoms with Gasteiger partial charge in [-0.25, -0.2) is 0 Å². The summed E-state index contributed by atoms with van der Waals surface area (Å²) in [6, 6.07) is 11.6. The third-order valence-electron chi connectivity index (χ3n) is 4.21. The number of nitrogen functional groups attached to an aromatic ring is 1. The number of likely N-dealkylation sites (N-methyl/N-ethyl adjacent to an activating group) is 1. The summed E-state index contributed by atoms with van der Waals surface area (Å²) in [5.74, 6) is 0.631. The van der Waals surface area contributed by atoms with Gasteiger partial charge in [-0.1, -0.05) is 18.2 Å². The summed E-state index contributed by atoms with van der Waals surface area (Å²) in [5.41, 5.74) is 10.8. The number of benzene rings is 2. The summed E-state index contributed by atoms with van der Waals surface area (Å²) < 4.78 is 5.90. The summed E-state index contributed by atoms with van der Waals surface area (Å²) in [6.07, 6.45) is 0.0415. The number of nitrogens with two attached hydrogens (primary N) is 1. The molecule has 0 spiro atoms. The van der Waals surface area contributed by atoms with Crippen molar-refractivity contribution in [1.29, 1.82) is 0 Å². The minimum Gasteiger partial charge on any atom is -0.478 e. The molecule has 1 unspecified atom stereocenters. The van der Waals surface area contributed by atoms with E-state index >= 15 is 0 Å². The number of nitrogens with zero attached hydrogens (tertiary/aromatic N) is 1. The lowest BCUT2D eigenvalue weighted by atomic mass is 10.0. The highest BCUT2D eigenvalue weighted by molar-refractivity contribution is 6.00. The topological polar surface area (TPSA) is 55.6 Å². The Bertz CT molecular complexity index is 740. The molecule has 0 saturated carbocycles. The number of carbonyl (C=O) groups is 1. The van der Waals surface area contributed by atoms with Gasteiger partial charge in [-0.3, -0.25) is 4.79 Å². The zero-order chi connectivity index (χ0) is 15.9. The first kappa shape index (κ1) is 14.4. The average molecular weight is 296 g/mol. The van der Waals surface area contributed by atoms with Crippen LogP contribution in [0, 0.1) is 13.8 Å². The van der Waals surface area contributed by atoms with Crippen molar-refractivity contribution in [3.63, 3.8) is 0 Å². The molecule has 1 aliphatic heterocycles. The van der Waals surface area contributed by atoms with Gasteiger partial charge in [0.25, 0.3) is 5.91 Å². The van der Waals surface area contributed by atoms with Crippen molar-refractivity contribution < 1.29 is 9.53 Å². The molecule has 2 aromatic carbocycles. The van der Waals surface area contributed by atoms with E-state index in [0.717, 1.165) is 11.3 Å². The molecule has 1 heterocycles. The summed E-state index contributed by atoms with van der Waals surface area (Å²) in [7, 11) is 1.77. The van der Waals surface area contributed by atoms with E-state index in [-0.39, 0.29) is 5.91 Å². The first-order valence-corrected chi connectivity index (χ1v) is 7.35. The van der Waals surface area contributed by atoms with E-state index in [2.05, 4.69) is 26.0 Å². The molecular formula is C18H20N2O2. The molecule has 1 aliphatic rings. The molecule has 0 radical (unpaired) electrons. The number of aryl methyl sites for hydroxylation is 2. The molecule has 0 fully saturated rings. The quantitative estimate of drug-likeness (QED) is 0.867. The van der Waals surface area contributed by atoms with E-state index in [1.807, 2.05) is 12.1 Å². The molecule has 4 heteroatoms. The summed E-state index contributed by atoms with van der Waals surface area (Å²) in [6.45, 7) is 4.15. The van der Waals surface area contributed by atoms with Crippen molar-refractivity contribution in [2.75, 3.05) is 17.7 Å². The summed E-state index contributed by atoms with van der Waals surface area (Å²) in [5, 5.41) is 0. The fourth-order valence-corrected chi connectivity index (χ4v) is 2.71. The highest BCUT2D eigenvalue weighted by Gasteiger charge is 2.32. The van der Waals surface area contributed by atoms with Crippen LogP contribution in [0.25, 0.3) is 0 Å². The maximum absolute atomic E-state index is 12.5. The van der Waals surface area contributed by atoms with Gasteiger partial charge < -0.3 is 15.4 Å². The third-order valence-corrected chi connectivity index (χ3v) is 4.21. The van der Waals surface area contributed by atoms with Crippen LogP contribution in [0.5, 0.6) is 5.75 Å². The van der Waals surface area contributed by atoms with Gasteiger partial charge in [-0.2, -0.15) is 0 Å². The first-order chi connectivity index (χ1) is 10.5. The fraction of sp³-hybridized carbons (Fsp3) is 0.278. The number of carbonyl (C=O) groups excluding carboxylic acids is 1. The van der Waals surface area contributed by atoms with Crippen LogP contribution in [0.15, 0.2) is 36.4 Å². The number of rotatable bonds is 2. The largest absolute Gasteiger partial charge is 0.478 e. The Kier molecular flexibility index (Phi) is 3.53. The maximum Gasteiger partial charge on any atom is 0.268 e. The van der Waals surface area contributed by atoms with Crippen LogP contribution >= 0.6 is 0 Å². The standard InChI is InChI=1S/C18H20N2O2/c1-11-4-5-13(8-12(11)2)9-17-18(21)20(3)15-7-6-14(19)10-16(15)22-17/h4-8,10,17H,9,19H2,1-3H3. The molecule has 2 aromatic rings. The number of fused-ring (bicyclic) bond motifs is 1. The summed E-state index contributed by atoms with van der Waals surface area (Å²) in [4.78, 5) is 14.1. The predicted molar refractivity (Wildman–Crippen MR) is 88.3 cm³/mol. The molecule has 1 amide bonds. The minimum atomic E-state index is -0.513. The monoisotopic (exact) mass is 296 g/mol. The average Bonchev–Trinajstić information content (AvgIpc) is 2.48. The van der Waals surface area contributed by atoms with Gasteiger partial charge in [0, 0.05) is 25.2 Å². The van der Waals surface area contributed by atoms with Crippen molar-refractivity contribution >= 4 is 17.3 Å². The number of hydrogen-bond donors (Lipinski definition) is 1. The van der Waals surface area contributed by atoms with Gasteiger partial charge in [0.2, 0.25) is 0 Å². The van der Waals surface area contributed by atoms with Crippen molar-refractivity contribution in [3.8, 4) is 5.75 Å². The normalized spacial score (nSPS) is 17.1. The van der Waals surface area contributed by atoms with Crippen molar-refractivity contribution in [2.24, 2.45) is 0 Å². The Morgan fingerprint density at radius 2 is 1.91 bits per heavy atom. The van der Waals surface area contributed by atoms with Gasteiger partial charge in [0.05, 0.1) is 5.69 Å². The SMILES string of the molecule is Cc1ccc(CC2Oc3cc(N)ccc3N(C)C2=O)cc1C. The second-order valence-electron chi connectivity index (χ2n) is 5.85. The lowest BCUT2D eigenvalue weighted by Crippen LogP contribution is -2.44. The van der Waals surface area contributed by atoms with Crippen LogP contribution in [-0.2, 0) is 11.2 Å². The van der Waals surface area contributed by atoms with Crippen LogP contribution in [-0.4, -0.2) is 19.1 Å². The Morgan fingerprint density at radius 1 is 1.14 bits per heavy atom. The van der Waals surface area contributed by atoms with E-state index in [9.17, 15) is 4.79 Å². The third kappa shape index (κ3) is 2.52. The molecule has 0 aliphatic carbocycles. The van der Waals surface area contributed by atoms with Crippen LogP contribution in [0.3, 0.4) is 0 Å². The first-order valence-electron chi connectivity index (χ1n) is 7.35. The highest BCUT2D eigenvalue weighted by atomic mass is 16.5. The molecule has 22 heavy (non-hydrogen) atoms. The molecular weight excluding hydrogens is 276 g/mol. The smallest absolute Gasteiger partial charge is 0.268 e. The zero-order valence-corrected chi connectivity index (χ0v) is 13.1. The number of hydrogen-bond acceptors (Lipinski definition) is 3. The fourth-order valence-electron chi connectivity index (χ4n) is 2.71. The molecule has 0 aromatic heterocycles. The molecule has 1 atom stereocenters. The lowest BCUT2D eigenvalue weighted by Gasteiger charge is -2.32. The van der Waals surface area contributed by atoms with E-state index in [0.29, 0.717) is 17.9 Å². The van der Waals surface area contributed by atoms with Crippen molar-refractivity contribution in [1.82, 2.24) is 0 Å². The van der Waals surface area contributed by atoms with Crippen LogP contribution in [0.1, 0.15) is 16.7 Å². The number of anilines is 2. The predicted octanol–water partition coefficient (Wildman–Crippen LogP) is 2.85. The van der Waals surface area contributed by atoms with Crippen LogP contribution in [0.4, 0.5) is 11.4 Å². The molecule has 114 valence electrons. The number of amides is 1. The van der Waals surface area contributed by atoms with E-state index < -0.39 is 6.10 Å². The maximum atomic E-state index is 12.5. The number of ether oxygens (including phenoxy) is 1. The van der Waals surface area contributed by atoms with E-state index in [1.165, 1.54) is 11.1 Å². The van der Waals surface area contributed by atoms with Crippen molar-refractivity contribution in [3.05, 3.63) is 53.1 Å². The second kappa shape index (κ2) is 5.37.